The lowest BCUT2D eigenvalue weighted by atomic mass is 9.86. The van der Waals surface area contributed by atoms with Crippen molar-refractivity contribution in [2.75, 3.05) is 31.7 Å². The van der Waals surface area contributed by atoms with E-state index in [1.54, 1.807) is 56.3 Å². The number of piperidine rings is 1. The Bertz CT molecular complexity index is 1610. The number of ether oxygens (including phenoxy) is 2. The molecule has 0 radical (unpaired) electrons. The molecule has 3 fully saturated rings. The smallest absolute Gasteiger partial charge is 0.256 e. The van der Waals surface area contributed by atoms with Gasteiger partial charge in [0.1, 0.15) is 30.0 Å². The fourth-order valence-electron chi connectivity index (χ4n) is 5.40. The number of amides is 1. The summed E-state index contributed by atoms with van der Waals surface area (Å²) >= 11 is 0. The summed E-state index contributed by atoms with van der Waals surface area (Å²) in [5.74, 6) is 1.88. The molecular weight excluding hydrogens is 510 g/mol. The lowest BCUT2D eigenvalue weighted by Gasteiger charge is -2.56. The summed E-state index contributed by atoms with van der Waals surface area (Å²) in [6.07, 6.45) is 9.13. The standard InChI is InChI=1S/C29H29N7O4/c1-29(2,38)17-40-24-8-25(27-20(9-30)12-33-35(27)16-24)18-4-5-26(32-11-18)34-14-21-7-22(15-34)36(21)28(37)19-6-23(39-3)13-31-10-19/h4-6,8,10-13,16,21-22,38H,7,14-15,17H2,1-3H3. The Kier molecular flexibility index (Phi) is 6.27. The average molecular weight is 540 g/mol. The zero-order chi connectivity index (χ0) is 28.0. The van der Waals surface area contributed by atoms with E-state index < -0.39 is 5.60 Å². The minimum atomic E-state index is -1.000. The van der Waals surface area contributed by atoms with Gasteiger partial charge in [0.15, 0.2) is 0 Å². The van der Waals surface area contributed by atoms with Gasteiger partial charge < -0.3 is 24.4 Å². The van der Waals surface area contributed by atoms with Crippen LogP contribution in [-0.2, 0) is 0 Å². The first-order chi connectivity index (χ1) is 19.2. The summed E-state index contributed by atoms with van der Waals surface area (Å²) in [7, 11) is 1.56. The van der Waals surface area contributed by atoms with E-state index in [-0.39, 0.29) is 24.6 Å². The second-order valence-corrected chi connectivity index (χ2v) is 10.8. The highest BCUT2D eigenvalue weighted by Gasteiger charge is 2.47. The number of pyridine rings is 3. The highest BCUT2D eigenvalue weighted by atomic mass is 16.5. The average Bonchev–Trinajstić information content (AvgIpc) is 3.38. The summed E-state index contributed by atoms with van der Waals surface area (Å²) in [6.45, 7) is 4.83. The first-order valence-electron chi connectivity index (χ1n) is 13.0. The predicted octanol–water partition coefficient (Wildman–Crippen LogP) is 2.92. The van der Waals surface area contributed by atoms with E-state index >= 15 is 0 Å². The molecule has 7 heterocycles. The van der Waals surface area contributed by atoms with Crippen LogP contribution in [0.25, 0.3) is 16.6 Å². The number of fused-ring (bicyclic) bond motifs is 3. The largest absolute Gasteiger partial charge is 0.495 e. The molecular formula is C29H29N7O4. The molecule has 1 amide bonds. The van der Waals surface area contributed by atoms with Gasteiger partial charge in [-0.1, -0.05) is 0 Å². The van der Waals surface area contributed by atoms with Crippen molar-refractivity contribution in [3.63, 3.8) is 0 Å². The van der Waals surface area contributed by atoms with Crippen LogP contribution in [0.15, 0.2) is 55.2 Å². The SMILES string of the molecule is COc1cncc(C(=O)N2C3CC2CN(c2ccc(-c4cc(OCC(C)(C)O)cn5ncc(C#N)c45)cn2)C3)c1. The molecule has 3 saturated heterocycles. The molecule has 204 valence electrons. The number of anilines is 1. The van der Waals surface area contributed by atoms with E-state index in [4.69, 9.17) is 14.5 Å². The lowest BCUT2D eigenvalue weighted by Crippen LogP contribution is -2.70. The van der Waals surface area contributed by atoms with Crippen molar-refractivity contribution in [1.29, 1.82) is 5.26 Å². The van der Waals surface area contributed by atoms with Crippen LogP contribution in [-0.4, -0.2) is 80.0 Å². The Morgan fingerprint density at radius 2 is 1.95 bits per heavy atom. The number of aliphatic hydroxyl groups is 1. The van der Waals surface area contributed by atoms with Crippen molar-refractivity contribution in [1.82, 2.24) is 24.5 Å². The number of hydrogen-bond acceptors (Lipinski definition) is 9. The number of carbonyl (C=O) groups excluding carboxylic acids is 1. The molecule has 11 nitrogen and oxygen atoms in total. The Balaban J connectivity index is 1.22. The molecule has 0 saturated carbocycles. The number of hydrogen-bond donors (Lipinski definition) is 1. The minimum Gasteiger partial charge on any atom is -0.495 e. The first kappa shape index (κ1) is 25.6. The van der Waals surface area contributed by atoms with E-state index in [2.05, 4.69) is 21.1 Å². The highest BCUT2D eigenvalue weighted by molar-refractivity contribution is 5.95. The van der Waals surface area contributed by atoms with Gasteiger partial charge in [-0.05, 0) is 44.5 Å². The topological polar surface area (TPSA) is 129 Å². The number of aromatic nitrogens is 4. The molecule has 3 aliphatic rings. The van der Waals surface area contributed by atoms with Crippen molar-refractivity contribution in [3.8, 4) is 28.7 Å². The number of rotatable bonds is 7. The Morgan fingerprint density at radius 3 is 2.62 bits per heavy atom. The van der Waals surface area contributed by atoms with Crippen molar-refractivity contribution in [2.24, 2.45) is 0 Å². The van der Waals surface area contributed by atoms with E-state index in [1.807, 2.05) is 23.1 Å². The van der Waals surface area contributed by atoms with Crippen LogP contribution in [0, 0.1) is 11.3 Å². The molecule has 0 aliphatic carbocycles. The van der Waals surface area contributed by atoms with Crippen LogP contribution in [0.1, 0.15) is 36.2 Å². The van der Waals surface area contributed by atoms with Crippen LogP contribution in [0.3, 0.4) is 0 Å². The van der Waals surface area contributed by atoms with Gasteiger partial charge in [0.2, 0.25) is 0 Å². The fraction of sp³-hybridized carbons (Fsp3) is 0.345. The molecule has 2 atom stereocenters. The van der Waals surface area contributed by atoms with Crippen molar-refractivity contribution in [2.45, 2.75) is 38.0 Å². The Hall–Kier alpha value is -4.69. The van der Waals surface area contributed by atoms with E-state index in [0.29, 0.717) is 41.2 Å². The molecule has 1 N–H and O–H groups in total. The van der Waals surface area contributed by atoms with Crippen molar-refractivity contribution < 1.29 is 19.4 Å². The summed E-state index contributed by atoms with van der Waals surface area (Å²) in [5, 5.41) is 24.1. The monoisotopic (exact) mass is 539 g/mol. The van der Waals surface area contributed by atoms with Gasteiger partial charge in [0, 0.05) is 36.6 Å². The van der Waals surface area contributed by atoms with Gasteiger partial charge in [0.25, 0.3) is 5.91 Å². The number of methoxy groups -OCH3 is 1. The lowest BCUT2D eigenvalue weighted by molar-refractivity contribution is 0.00569. The van der Waals surface area contributed by atoms with E-state index in [9.17, 15) is 15.2 Å². The molecule has 4 aromatic heterocycles. The number of carbonyl (C=O) groups is 1. The van der Waals surface area contributed by atoms with E-state index in [0.717, 1.165) is 23.4 Å². The number of piperazine rings is 1. The number of nitrogens with zero attached hydrogens (tertiary/aromatic N) is 7. The van der Waals surface area contributed by atoms with Gasteiger partial charge in [0.05, 0.1) is 60.0 Å². The van der Waals surface area contributed by atoms with Crippen LogP contribution < -0.4 is 14.4 Å². The zero-order valence-electron chi connectivity index (χ0n) is 22.5. The van der Waals surface area contributed by atoms with Gasteiger partial charge in [-0.2, -0.15) is 10.4 Å². The van der Waals surface area contributed by atoms with Crippen LogP contribution in [0.2, 0.25) is 0 Å². The maximum absolute atomic E-state index is 13.2. The summed E-state index contributed by atoms with van der Waals surface area (Å²) < 4.78 is 12.7. The van der Waals surface area contributed by atoms with Crippen molar-refractivity contribution in [3.05, 3.63) is 66.4 Å². The quantitative estimate of drug-likeness (QED) is 0.377. The zero-order valence-corrected chi connectivity index (χ0v) is 22.5. The third-order valence-electron chi connectivity index (χ3n) is 7.31. The molecule has 2 unspecified atom stereocenters. The van der Waals surface area contributed by atoms with E-state index in [1.165, 1.54) is 6.20 Å². The van der Waals surface area contributed by atoms with Crippen molar-refractivity contribution >= 4 is 17.2 Å². The fourth-order valence-corrected chi connectivity index (χ4v) is 5.40. The third-order valence-corrected chi connectivity index (χ3v) is 7.31. The molecule has 40 heavy (non-hydrogen) atoms. The molecule has 4 aromatic rings. The maximum Gasteiger partial charge on any atom is 0.256 e. The Labute approximate surface area is 231 Å². The summed E-state index contributed by atoms with van der Waals surface area (Å²) in [4.78, 5) is 26.2. The highest BCUT2D eigenvalue weighted by Crippen LogP contribution is 2.37. The normalized spacial score (nSPS) is 18.3. The molecule has 3 aliphatic heterocycles. The Morgan fingerprint density at radius 1 is 1.15 bits per heavy atom. The summed E-state index contributed by atoms with van der Waals surface area (Å²) in [5.41, 5.74) is 2.20. The van der Waals surface area contributed by atoms with Gasteiger partial charge in [-0.3, -0.25) is 9.78 Å². The first-order valence-corrected chi connectivity index (χ1v) is 13.0. The summed E-state index contributed by atoms with van der Waals surface area (Å²) in [6, 6.07) is 9.91. The van der Waals surface area contributed by atoms with Crippen LogP contribution in [0.4, 0.5) is 5.82 Å². The second kappa shape index (κ2) is 9.81. The molecule has 7 rings (SSSR count). The van der Waals surface area contributed by atoms with Gasteiger partial charge in [-0.25, -0.2) is 9.50 Å². The molecule has 11 heteroatoms. The van der Waals surface area contributed by atoms with Gasteiger partial charge in [-0.15, -0.1) is 0 Å². The number of nitriles is 1. The molecule has 2 bridgehead atoms. The molecule has 0 aromatic carbocycles. The predicted molar refractivity (Wildman–Crippen MR) is 146 cm³/mol. The van der Waals surface area contributed by atoms with Crippen LogP contribution in [0.5, 0.6) is 11.5 Å². The minimum absolute atomic E-state index is 0.0274. The molecule has 0 spiro atoms. The van der Waals surface area contributed by atoms with Gasteiger partial charge >= 0.3 is 0 Å². The second-order valence-electron chi connectivity index (χ2n) is 10.8. The maximum atomic E-state index is 13.2. The van der Waals surface area contributed by atoms with Crippen LogP contribution >= 0.6 is 0 Å². The third kappa shape index (κ3) is 4.67.